The molecule has 148 valence electrons. The topological polar surface area (TPSA) is 46.5 Å². The van der Waals surface area contributed by atoms with E-state index in [0.717, 1.165) is 28.2 Å². The van der Waals surface area contributed by atoms with Crippen LogP contribution in [0, 0.1) is 0 Å². The van der Waals surface area contributed by atoms with E-state index in [1.54, 1.807) is 0 Å². The first-order valence-corrected chi connectivity index (χ1v) is 9.89. The van der Waals surface area contributed by atoms with E-state index in [4.69, 9.17) is 4.74 Å². The summed E-state index contributed by atoms with van der Waals surface area (Å²) in [7, 11) is 0. The third-order valence-corrected chi connectivity index (χ3v) is 5.06. The van der Waals surface area contributed by atoms with Crippen LogP contribution in [0.4, 0.5) is 0 Å². The predicted octanol–water partition coefficient (Wildman–Crippen LogP) is 6.56. The van der Waals surface area contributed by atoms with Crippen LogP contribution in [0.3, 0.4) is 0 Å². The van der Waals surface area contributed by atoms with E-state index in [0.29, 0.717) is 6.42 Å². The Morgan fingerprint density at radius 2 is 1.17 bits per heavy atom. The second-order valence-corrected chi connectivity index (χ2v) is 7.14. The van der Waals surface area contributed by atoms with Gasteiger partial charge in [0.15, 0.2) is 0 Å². The highest BCUT2D eigenvalue weighted by Crippen LogP contribution is 2.27. The van der Waals surface area contributed by atoms with Gasteiger partial charge in [0, 0.05) is 0 Å². The number of carboxylic acid groups (broad SMARTS) is 1. The standard InChI is InChI=1S/C27H22O3/c28-27(29)26(23-9-5-2-6-10-23)19-20-11-15-24(16-12-20)30-25-17-13-22(14-18-25)21-7-3-1-4-8-21/h1-18,26H,19H2,(H,28,29). The van der Waals surface area contributed by atoms with E-state index in [1.165, 1.54) is 5.56 Å². The molecule has 1 N–H and O–H groups in total. The molecule has 4 aromatic rings. The van der Waals surface area contributed by atoms with Gasteiger partial charge in [0.05, 0.1) is 5.92 Å². The largest absolute Gasteiger partial charge is 0.481 e. The maximum absolute atomic E-state index is 11.7. The minimum atomic E-state index is -0.819. The van der Waals surface area contributed by atoms with Crippen molar-refractivity contribution in [3.05, 3.63) is 120 Å². The molecule has 4 aromatic carbocycles. The normalized spacial score (nSPS) is 11.6. The van der Waals surface area contributed by atoms with E-state index >= 15 is 0 Å². The third-order valence-electron chi connectivity index (χ3n) is 5.06. The molecule has 1 atom stereocenters. The van der Waals surface area contributed by atoms with Crippen LogP contribution in [0.15, 0.2) is 109 Å². The molecule has 0 amide bonds. The fourth-order valence-corrected chi connectivity index (χ4v) is 3.44. The molecule has 0 saturated heterocycles. The Labute approximate surface area is 176 Å². The van der Waals surface area contributed by atoms with E-state index in [-0.39, 0.29) is 0 Å². The summed E-state index contributed by atoms with van der Waals surface area (Å²) < 4.78 is 5.94. The Morgan fingerprint density at radius 3 is 1.73 bits per heavy atom. The zero-order chi connectivity index (χ0) is 20.8. The molecule has 0 spiro atoms. The summed E-state index contributed by atoms with van der Waals surface area (Å²) in [5, 5.41) is 9.62. The molecule has 0 aliphatic heterocycles. The van der Waals surface area contributed by atoms with Crippen molar-refractivity contribution in [2.45, 2.75) is 12.3 Å². The fraction of sp³-hybridized carbons (Fsp3) is 0.0741. The van der Waals surface area contributed by atoms with E-state index in [1.807, 2.05) is 97.1 Å². The van der Waals surface area contributed by atoms with E-state index in [9.17, 15) is 9.90 Å². The van der Waals surface area contributed by atoms with Crippen LogP contribution in [0.2, 0.25) is 0 Å². The second kappa shape index (κ2) is 9.10. The number of hydrogen-bond donors (Lipinski definition) is 1. The van der Waals surface area contributed by atoms with Gasteiger partial charge in [-0.3, -0.25) is 4.79 Å². The maximum atomic E-state index is 11.7. The zero-order valence-corrected chi connectivity index (χ0v) is 16.4. The molecule has 0 radical (unpaired) electrons. The van der Waals surface area contributed by atoms with Crippen molar-refractivity contribution in [3.63, 3.8) is 0 Å². The maximum Gasteiger partial charge on any atom is 0.311 e. The first-order valence-electron chi connectivity index (χ1n) is 9.89. The van der Waals surface area contributed by atoms with Gasteiger partial charge in [-0.05, 0) is 52.9 Å². The minimum Gasteiger partial charge on any atom is -0.481 e. The quantitative estimate of drug-likeness (QED) is 0.386. The van der Waals surface area contributed by atoms with Crippen LogP contribution in [0.25, 0.3) is 11.1 Å². The monoisotopic (exact) mass is 394 g/mol. The Morgan fingerprint density at radius 1 is 0.667 bits per heavy atom. The minimum absolute atomic E-state index is 0.436. The Balaban J connectivity index is 1.43. The number of rotatable bonds is 7. The molecule has 0 aromatic heterocycles. The summed E-state index contributed by atoms with van der Waals surface area (Å²) in [5.74, 6) is 0.0939. The number of carboxylic acids is 1. The lowest BCUT2D eigenvalue weighted by atomic mass is 9.92. The van der Waals surface area contributed by atoms with E-state index < -0.39 is 11.9 Å². The molecule has 0 aliphatic carbocycles. The first kappa shape index (κ1) is 19.5. The Hall–Kier alpha value is -3.85. The number of aliphatic carboxylic acids is 1. The van der Waals surface area contributed by atoms with Gasteiger partial charge in [0.1, 0.15) is 11.5 Å². The van der Waals surface area contributed by atoms with Crippen molar-refractivity contribution in [2.24, 2.45) is 0 Å². The summed E-state index contributed by atoms with van der Waals surface area (Å²) >= 11 is 0. The molecule has 0 heterocycles. The van der Waals surface area contributed by atoms with Crippen LogP contribution in [0.1, 0.15) is 17.0 Å². The van der Waals surface area contributed by atoms with Crippen molar-refractivity contribution in [3.8, 4) is 22.6 Å². The van der Waals surface area contributed by atoms with Crippen molar-refractivity contribution in [2.75, 3.05) is 0 Å². The second-order valence-electron chi connectivity index (χ2n) is 7.14. The van der Waals surface area contributed by atoms with Gasteiger partial charge in [-0.2, -0.15) is 0 Å². The highest BCUT2D eigenvalue weighted by molar-refractivity contribution is 5.76. The van der Waals surface area contributed by atoms with Crippen LogP contribution >= 0.6 is 0 Å². The molecular formula is C27H22O3. The van der Waals surface area contributed by atoms with Gasteiger partial charge < -0.3 is 9.84 Å². The van der Waals surface area contributed by atoms with Crippen molar-refractivity contribution in [1.29, 1.82) is 0 Å². The average molecular weight is 394 g/mol. The lowest BCUT2D eigenvalue weighted by Gasteiger charge is -2.13. The molecule has 1 unspecified atom stereocenters. The molecule has 0 fully saturated rings. The Kier molecular flexibility index (Phi) is 5.90. The molecule has 0 saturated carbocycles. The highest BCUT2D eigenvalue weighted by atomic mass is 16.5. The van der Waals surface area contributed by atoms with Gasteiger partial charge in [0.25, 0.3) is 0 Å². The molecule has 3 heteroatoms. The zero-order valence-electron chi connectivity index (χ0n) is 16.4. The summed E-state index contributed by atoms with van der Waals surface area (Å²) in [6.07, 6.45) is 0.436. The predicted molar refractivity (Wildman–Crippen MR) is 119 cm³/mol. The lowest BCUT2D eigenvalue weighted by molar-refractivity contribution is -0.138. The first-order chi connectivity index (χ1) is 14.7. The van der Waals surface area contributed by atoms with Crippen molar-refractivity contribution < 1.29 is 14.6 Å². The van der Waals surface area contributed by atoms with Crippen molar-refractivity contribution >= 4 is 5.97 Å². The van der Waals surface area contributed by atoms with Gasteiger partial charge >= 0.3 is 5.97 Å². The number of ether oxygens (including phenoxy) is 1. The fourth-order valence-electron chi connectivity index (χ4n) is 3.44. The van der Waals surface area contributed by atoms with Gasteiger partial charge in [-0.15, -0.1) is 0 Å². The summed E-state index contributed by atoms with van der Waals surface area (Å²) in [4.78, 5) is 11.7. The van der Waals surface area contributed by atoms with Crippen LogP contribution in [-0.2, 0) is 11.2 Å². The van der Waals surface area contributed by atoms with Crippen LogP contribution in [0.5, 0.6) is 11.5 Å². The smallest absolute Gasteiger partial charge is 0.311 e. The molecule has 4 rings (SSSR count). The average Bonchev–Trinajstić information content (AvgIpc) is 2.80. The molecule has 0 bridgehead atoms. The Bertz CT molecular complexity index is 1090. The number of carbonyl (C=O) groups is 1. The van der Waals surface area contributed by atoms with Gasteiger partial charge in [-0.1, -0.05) is 84.9 Å². The number of benzene rings is 4. The van der Waals surface area contributed by atoms with Crippen LogP contribution < -0.4 is 4.74 Å². The SMILES string of the molecule is O=C(O)C(Cc1ccc(Oc2ccc(-c3ccccc3)cc2)cc1)c1ccccc1. The molecule has 3 nitrogen and oxygen atoms in total. The molecule has 30 heavy (non-hydrogen) atoms. The third kappa shape index (κ3) is 4.76. The van der Waals surface area contributed by atoms with E-state index in [2.05, 4.69) is 12.1 Å². The lowest BCUT2D eigenvalue weighted by Crippen LogP contribution is -2.14. The molecule has 0 aliphatic rings. The summed E-state index contributed by atoms with van der Waals surface area (Å²) in [5.41, 5.74) is 4.07. The van der Waals surface area contributed by atoms with Crippen molar-refractivity contribution in [1.82, 2.24) is 0 Å². The van der Waals surface area contributed by atoms with Gasteiger partial charge in [0.2, 0.25) is 0 Å². The summed E-state index contributed by atoms with van der Waals surface area (Å²) in [6.45, 7) is 0. The highest BCUT2D eigenvalue weighted by Gasteiger charge is 2.20. The number of hydrogen-bond acceptors (Lipinski definition) is 2. The molecular weight excluding hydrogens is 372 g/mol. The van der Waals surface area contributed by atoms with Gasteiger partial charge in [-0.25, -0.2) is 0 Å². The van der Waals surface area contributed by atoms with Crippen LogP contribution in [-0.4, -0.2) is 11.1 Å². The summed E-state index contributed by atoms with van der Waals surface area (Å²) in [6, 6.07) is 35.1.